The molecule has 4 rings (SSSR count). The first-order valence-electron chi connectivity index (χ1n) is 10.8. The van der Waals surface area contributed by atoms with E-state index < -0.39 is 23.7 Å². The molecular formula is C24H27BrN2O3S. The Kier molecular flexibility index (Phi) is 6.15. The van der Waals surface area contributed by atoms with E-state index in [1.807, 2.05) is 26.8 Å². The third kappa shape index (κ3) is 4.80. The molecule has 1 saturated carbocycles. The molecule has 2 aromatic rings. The zero-order chi connectivity index (χ0) is 22.3. The second kappa shape index (κ2) is 8.55. The highest BCUT2D eigenvalue weighted by Gasteiger charge is 2.52. The minimum Gasteiger partial charge on any atom is -0.444 e. The number of ketones is 1. The number of likely N-dealkylation sites (tertiary alicyclic amines) is 1. The van der Waals surface area contributed by atoms with Crippen molar-refractivity contribution in [2.75, 3.05) is 0 Å². The van der Waals surface area contributed by atoms with Gasteiger partial charge in [-0.05, 0) is 82.0 Å². The van der Waals surface area contributed by atoms with Crippen molar-refractivity contribution >= 4 is 49.2 Å². The van der Waals surface area contributed by atoms with E-state index in [-0.39, 0.29) is 24.2 Å². The average molecular weight is 503 g/mol. The lowest BCUT2D eigenvalue weighted by molar-refractivity contribution is -0.126. The second-order valence-electron chi connectivity index (χ2n) is 9.65. The number of carbonyl (C=O) groups excluding carboxylic acids is 2. The van der Waals surface area contributed by atoms with Crippen LogP contribution >= 0.6 is 27.3 Å². The molecule has 0 N–H and O–H groups in total. The zero-order valence-electron chi connectivity index (χ0n) is 18.1. The number of rotatable bonds is 5. The van der Waals surface area contributed by atoms with Gasteiger partial charge < -0.3 is 4.74 Å². The molecule has 1 aromatic heterocycles. The van der Waals surface area contributed by atoms with Crippen LogP contribution in [0.25, 0.3) is 10.1 Å². The van der Waals surface area contributed by atoms with Gasteiger partial charge in [-0.15, -0.1) is 11.3 Å². The summed E-state index contributed by atoms with van der Waals surface area (Å²) in [6, 6.07) is 10.2. The van der Waals surface area contributed by atoms with Gasteiger partial charge in [0.1, 0.15) is 5.60 Å². The summed E-state index contributed by atoms with van der Waals surface area (Å²) in [7, 11) is 0. The number of piperidine rings is 1. The maximum absolute atomic E-state index is 13.3. The standard InChI is InChI=1S/C24H27BrN2O3S/c1-24(2,3)30-23(29)27-18-6-4-15(11-18)22(27)20(28)9-14(13-26)8-19-12-16-10-17(25)5-7-21(16)31-19/h5,7,10,12,14-15,18,22H,4,6,8-9,11H2,1-3H3/t14?,15-,18+,22-/m0/s1. The fourth-order valence-corrected chi connectivity index (χ4v) is 6.42. The lowest BCUT2D eigenvalue weighted by Gasteiger charge is -2.35. The van der Waals surface area contributed by atoms with Gasteiger partial charge in [0.25, 0.3) is 0 Å². The van der Waals surface area contributed by atoms with E-state index in [9.17, 15) is 14.9 Å². The predicted octanol–water partition coefficient (Wildman–Crippen LogP) is 6.09. The topological polar surface area (TPSA) is 70.4 Å². The van der Waals surface area contributed by atoms with Crippen molar-refractivity contribution in [3.63, 3.8) is 0 Å². The monoisotopic (exact) mass is 502 g/mol. The summed E-state index contributed by atoms with van der Waals surface area (Å²) < 4.78 is 7.79. The van der Waals surface area contributed by atoms with Gasteiger partial charge in [0.05, 0.1) is 18.0 Å². The Hall–Kier alpha value is -1.91. The molecule has 0 spiro atoms. The molecule has 31 heavy (non-hydrogen) atoms. The first-order chi connectivity index (χ1) is 14.6. The smallest absolute Gasteiger partial charge is 0.411 e. The number of thiophene rings is 1. The molecule has 5 nitrogen and oxygen atoms in total. The van der Waals surface area contributed by atoms with Gasteiger partial charge in [0.2, 0.25) is 0 Å². The number of carbonyl (C=O) groups is 2. The van der Waals surface area contributed by atoms with E-state index >= 15 is 0 Å². The van der Waals surface area contributed by atoms with Gasteiger partial charge >= 0.3 is 6.09 Å². The number of hydrogen-bond donors (Lipinski definition) is 0. The van der Waals surface area contributed by atoms with Crippen LogP contribution in [0.3, 0.4) is 0 Å². The molecule has 1 aromatic carbocycles. The number of hydrogen-bond acceptors (Lipinski definition) is 5. The third-order valence-electron chi connectivity index (χ3n) is 6.13. The Morgan fingerprint density at radius 1 is 1.32 bits per heavy atom. The summed E-state index contributed by atoms with van der Waals surface area (Å²) in [4.78, 5) is 28.9. The van der Waals surface area contributed by atoms with E-state index in [1.54, 1.807) is 16.2 Å². The molecule has 1 aliphatic carbocycles. The van der Waals surface area contributed by atoms with Crippen LogP contribution in [0.2, 0.25) is 0 Å². The molecule has 1 aliphatic heterocycles. The minimum atomic E-state index is -0.599. The van der Waals surface area contributed by atoms with Gasteiger partial charge in [-0.25, -0.2) is 4.79 Å². The van der Waals surface area contributed by atoms with Gasteiger partial charge in [0, 0.05) is 26.5 Å². The third-order valence-corrected chi connectivity index (χ3v) is 7.76. The van der Waals surface area contributed by atoms with E-state index in [0.29, 0.717) is 6.42 Å². The van der Waals surface area contributed by atoms with Crippen LogP contribution in [0.1, 0.15) is 51.3 Å². The number of fused-ring (bicyclic) bond motifs is 3. The SMILES string of the molecule is CC(C)(C)OC(=O)N1[C@@H]2CC[C@@H](C2)[C@H]1C(=O)CC(C#N)Cc1cc2cc(Br)ccc2s1. The van der Waals surface area contributed by atoms with E-state index in [1.165, 1.54) is 4.70 Å². The van der Waals surface area contributed by atoms with Crippen molar-refractivity contribution in [1.82, 2.24) is 4.90 Å². The lowest BCUT2D eigenvalue weighted by atomic mass is 9.89. The first kappa shape index (κ1) is 22.3. The van der Waals surface area contributed by atoms with E-state index in [4.69, 9.17) is 4.74 Å². The summed E-state index contributed by atoms with van der Waals surface area (Å²) in [5.74, 6) is -0.219. The predicted molar refractivity (Wildman–Crippen MR) is 125 cm³/mol. The van der Waals surface area contributed by atoms with Crippen molar-refractivity contribution in [3.8, 4) is 6.07 Å². The highest BCUT2D eigenvalue weighted by Crippen LogP contribution is 2.44. The van der Waals surface area contributed by atoms with Crippen LogP contribution in [0.4, 0.5) is 4.79 Å². The molecular weight excluding hydrogens is 476 g/mol. The number of nitriles is 1. The molecule has 1 amide bonds. The van der Waals surface area contributed by atoms with Crippen LogP contribution < -0.4 is 0 Å². The van der Waals surface area contributed by atoms with Crippen molar-refractivity contribution in [1.29, 1.82) is 5.26 Å². The molecule has 164 valence electrons. The highest BCUT2D eigenvalue weighted by molar-refractivity contribution is 9.10. The Morgan fingerprint density at radius 2 is 2.10 bits per heavy atom. The number of benzene rings is 1. The Morgan fingerprint density at radius 3 is 2.81 bits per heavy atom. The normalized spacial score (nSPS) is 23.7. The Balaban J connectivity index is 1.47. The lowest BCUT2D eigenvalue weighted by Crippen LogP contribution is -2.51. The highest BCUT2D eigenvalue weighted by atomic mass is 79.9. The largest absolute Gasteiger partial charge is 0.444 e. The molecule has 1 saturated heterocycles. The average Bonchev–Trinajstić information content (AvgIpc) is 3.39. The summed E-state index contributed by atoms with van der Waals surface area (Å²) in [6.07, 6.45) is 3.06. The zero-order valence-corrected chi connectivity index (χ0v) is 20.5. The van der Waals surface area contributed by atoms with Crippen molar-refractivity contribution in [2.24, 2.45) is 11.8 Å². The number of Topliss-reactive ketones (excluding diaryl/α,β-unsaturated/α-hetero) is 1. The number of amides is 1. The van der Waals surface area contributed by atoms with Crippen LogP contribution in [0.5, 0.6) is 0 Å². The molecule has 4 atom stereocenters. The van der Waals surface area contributed by atoms with E-state index in [0.717, 1.165) is 34.0 Å². The quantitative estimate of drug-likeness (QED) is 0.495. The Labute approximate surface area is 195 Å². The van der Waals surface area contributed by atoms with Crippen LogP contribution in [-0.2, 0) is 16.0 Å². The molecule has 0 radical (unpaired) electrons. The molecule has 7 heteroatoms. The molecule has 2 aliphatic rings. The number of halogens is 1. The number of ether oxygens (including phenoxy) is 1. The van der Waals surface area contributed by atoms with Crippen molar-refractivity contribution in [3.05, 3.63) is 33.6 Å². The maximum Gasteiger partial charge on any atom is 0.411 e. The summed E-state index contributed by atoms with van der Waals surface area (Å²) >= 11 is 5.16. The maximum atomic E-state index is 13.3. The summed E-state index contributed by atoms with van der Waals surface area (Å²) in [5, 5.41) is 10.9. The molecule has 2 bridgehead atoms. The molecule has 1 unspecified atom stereocenters. The Bertz CT molecular complexity index is 1050. The molecule has 2 fully saturated rings. The fourth-order valence-electron chi connectivity index (χ4n) is 4.92. The van der Waals surface area contributed by atoms with Gasteiger partial charge in [0.15, 0.2) is 5.78 Å². The molecule has 2 heterocycles. The van der Waals surface area contributed by atoms with Crippen molar-refractivity contribution < 1.29 is 14.3 Å². The minimum absolute atomic E-state index is 0.00605. The van der Waals surface area contributed by atoms with Crippen molar-refractivity contribution in [2.45, 2.75) is 70.6 Å². The van der Waals surface area contributed by atoms with Crippen LogP contribution in [0, 0.1) is 23.2 Å². The number of nitrogens with zero attached hydrogens (tertiary/aromatic N) is 2. The van der Waals surface area contributed by atoms with Gasteiger partial charge in [-0.2, -0.15) is 5.26 Å². The van der Waals surface area contributed by atoms with E-state index in [2.05, 4.69) is 40.2 Å². The second-order valence-corrected chi connectivity index (χ2v) is 11.7. The van der Waals surface area contributed by atoms with Crippen LogP contribution in [-0.4, -0.2) is 34.5 Å². The van der Waals surface area contributed by atoms with Crippen LogP contribution in [0.15, 0.2) is 28.7 Å². The van der Waals surface area contributed by atoms with Gasteiger partial charge in [-0.1, -0.05) is 15.9 Å². The summed E-state index contributed by atoms with van der Waals surface area (Å²) in [6.45, 7) is 5.52. The van der Waals surface area contributed by atoms with Gasteiger partial charge in [-0.3, -0.25) is 9.69 Å². The fraction of sp³-hybridized carbons (Fsp3) is 0.542. The first-order valence-corrected chi connectivity index (χ1v) is 12.4. The summed E-state index contributed by atoms with van der Waals surface area (Å²) in [5.41, 5.74) is -0.599.